The first-order chi connectivity index (χ1) is 7.31. The van der Waals surface area contributed by atoms with Crippen LogP contribution >= 0.6 is 11.3 Å². The first-order valence-corrected chi connectivity index (χ1v) is 6.15. The van der Waals surface area contributed by atoms with Crippen molar-refractivity contribution in [1.29, 1.82) is 0 Å². The molecule has 2 unspecified atom stereocenters. The van der Waals surface area contributed by atoms with Gasteiger partial charge in [0, 0.05) is 17.9 Å². The summed E-state index contributed by atoms with van der Waals surface area (Å²) in [7, 11) is 0. The van der Waals surface area contributed by atoms with E-state index in [2.05, 4.69) is 15.8 Å². The number of hydrogen-bond donors (Lipinski definition) is 2. The van der Waals surface area contributed by atoms with Crippen LogP contribution in [0, 0.1) is 12.8 Å². The Balaban J connectivity index is 2.08. The molecule has 0 radical (unpaired) electrons. The molecule has 2 rings (SSSR count). The van der Waals surface area contributed by atoms with Crippen molar-refractivity contribution in [2.24, 2.45) is 11.8 Å². The van der Waals surface area contributed by atoms with Gasteiger partial charge in [-0.15, -0.1) is 11.3 Å². The third kappa shape index (κ3) is 2.55. The third-order valence-electron chi connectivity index (χ3n) is 2.80. The molecular weight excluding hydrogens is 210 g/mol. The molecule has 5 heteroatoms. The van der Waals surface area contributed by atoms with Crippen LogP contribution in [-0.4, -0.2) is 18.2 Å². The highest BCUT2D eigenvalue weighted by atomic mass is 32.1. The maximum Gasteiger partial charge on any atom is 0.0898 e. The lowest BCUT2D eigenvalue weighted by atomic mass is 9.92. The molecule has 1 saturated heterocycles. The molecule has 0 aliphatic carbocycles. The Hall–Kier alpha value is -0.490. The van der Waals surface area contributed by atoms with E-state index in [0.29, 0.717) is 5.92 Å². The maximum absolute atomic E-state index is 5.60. The van der Waals surface area contributed by atoms with Crippen LogP contribution in [-0.2, 0) is 4.74 Å². The second kappa shape index (κ2) is 5.03. The molecule has 0 bridgehead atoms. The lowest BCUT2D eigenvalue weighted by Gasteiger charge is -2.28. The van der Waals surface area contributed by atoms with Crippen molar-refractivity contribution in [3.8, 4) is 0 Å². The van der Waals surface area contributed by atoms with Gasteiger partial charge in [0.1, 0.15) is 0 Å². The zero-order chi connectivity index (χ0) is 10.7. The second-order valence-corrected chi connectivity index (χ2v) is 4.98. The molecule has 1 aliphatic heterocycles. The Labute approximate surface area is 93.8 Å². The molecule has 3 N–H and O–H groups in total. The number of aromatic nitrogens is 1. The number of nitrogens with two attached hydrogens (primary N) is 1. The van der Waals surface area contributed by atoms with Crippen molar-refractivity contribution in [3.05, 3.63) is 16.1 Å². The van der Waals surface area contributed by atoms with Crippen molar-refractivity contribution in [2.45, 2.75) is 25.8 Å². The molecule has 0 amide bonds. The fourth-order valence-electron chi connectivity index (χ4n) is 2.01. The molecule has 4 nitrogen and oxygen atoms in total. The first kappa shape index (κ1) is 11.0. The summed E-state index contributed by atoms with van der Waals surface area (Å²) in [5, 5.41) is 3.16. The monoisotopic (exact) mass is 227 g/mol. The fourth-order valence-corrected chi connectivity index (χ4v) is 2.66. The third-order valence-corrected chi connectivity index (χ3v) is 3.59. The summed E-state index contributed by atoms with van der Waals surface area (Å²) < 4.78 is 5.47. The quantitative estimate of drug-likeness (QED) is 0.605. The van der Waals surface area contributed by atoms with Crippen molar-refractivity contribution >= 4 is 11.3 Å². The van der Waals surface area contributed by atoms with Crippen molar-refractivity contribution in [1.82, 2.24) is 10.4 Å². The molecule has 2 heterocycles. The Morgan fingerprint density at radius 1 is 1.73 bits per heavy atom. The summed E-state index contributed by atoms with van der Waals surface area (Å²) in [6, 6.07) is 0.134. The van der Waals surface area contributed by atoms with E-state index in [-0.39, 0.29) is 6.04 Å². The first-order valence-electron chi connectivity index (χ1n) is 5.27. The van der Waals surface area contributed by atoms with E-state index < -0.39 is 0 Å². The van der Waals surface area contributed by atoms with Gasteiger partial charge in [0.05, 0.1) is 23.4 Å². The number of nitrogens with one attached hydrogen (secondary N) is 1. The highest BCUT2D eigenvalue weighted by molar-refractivity contribution is 7.09. The number of ether oxygens (including phenoxy) is 1. The number of aryl methyl sites for hydroxylation is 1. The summed E-state index contributed by atoms with van der Waals surface area (Å²) in [6.07, 6.45) is 2.28. The minimum absolute atomic E-state index is 0.134. The number of hydrazine groups is 1. The highest BCUT2D eigenvalue weighted by Crippen LogP contribution is 2.28. The molecule has 0 aromatic carbocycles. The summed E-state index contributed by atoms with van der Waals surface area (Å²) in [4.78, 5) is 4.48. The number of rotatable bonds is 3. The lowest BCUT2D eigenvalue weighted by Crippen LogP contribution is -2.37. The summed E-state index contributed by atoms with van der Waals surface area (Å²) >= 11 is 1.66. The average Bonchev–Trinajstić information content (AvgIpc) is 2.68. The summed E-state index contributed by atoms with van der Waals surface area (Å²) in [5.74, 6) is 6.05. The largest absolute Gasteiger partial charge is 0.381 e. The topological polar surface area (TPSA) is 60.2 Å². The van der Waals surface area contributed by atoms with E-state index >= 15 is 0 Å². The summed E-state index contributed by atoms with van der Waals surface area (Å²) in [6.45, 7) is 3.68. The molecule has 0 saturated carbocycles. The van der Waals surface area contributed by atoms with Crippen molar-refractivity contribution in [3.63, 3.8) is 0 Å². The second-order valence-electron chi connectivity index (χ2n) is 3.91. The van der Waals surface area contributed by atoms with Crippen molar-refractivity contribution in [2.75, 3.05) is 13.2 Å². The van der Waals surface area contributed by atoms with E-state index in [1.807, 2.05) is 6.92 Å². The zero-order valence-corrected chi connectivity index (χ0v) is 9.72. The van der Waals surface area contributed by atoms with Gasteiger partial charge in [-0.25, -0.2) is 4.98 Å². The SMILES string of the molecule is Cc1nc(C(NN)C2CCCOC2)cs1. The Bertz CT molecular complexity index is 309. The molecule has 15 heavy (non-hydrogen) atoms. The van der Waals surface area contributed by atoms with E-state index in [9.17, 15) is 0 Å². The number of hydrogen-bond acceptors (Lipinski definition) is 5. The molecule has 2 atom stereocenters. The van der Waals surface area contributed by atoms with Crippen LogP contribution in [0.5, 0.6) is 0 Å². The zero-order valence-electron chi connectivity index (χ0n) is 8.90. The predicted octanol–water partition coefficient (Wildman–Crippen LogP) is 1.38. The van der Waals surface area contributed by atoms with E-state index in [1.54, 1.807) is 11.3 Å². The van der Waals surface area contributed by atoms with Crippen LogP contribution in [0.1, 0.15) is 29.6 Å². The van der Waals surface area contributed by atoms with E-state index in [4.69, 9.17) is 10.6 Å². The standard InChI is InChI=1S/C10H17N3OS/c1-7-12-9(6-15-7)10(13-11)8-3-2-4-14-5-8/h6,8,10,13H,2-5,11H2,1H3. The number of thiazole rings is 1. The molecule has 1 fully saturated rings. The minimum atomic E-state index is 0.134. The highest BCUT2D eigenvalue weighted by Gasteiger charge is 2.26. The number of nitrogens with zero attached hydrogens (tertiary/aromatic N) is 1. The van der Waals surface area contributed by atoms with Gasteiger partial charge in [0.25, 0.3) is 0 Å². The predicted molar refractivity (Wildman–Crippen MR) is 60.5 cm³/mol. The van der Waals surface area contributed by atoms with Crippen LogP contribution in [0.4, 0.5) is 0 Å². The van der Waals surface area contributed by atoms with Gasteiger partial charge in [0.2, 0.25) is 0 Å². The van der Waals surface area contributed by atoms with E-state index in [0.717, 1.165) is 36.8 Å². The molecule has 1 aromatic heterocycles. The van der Waals surface area contributed by atoms with Crippen LogP contribution in [0.15, 0.2) is 5.38 Å². The Morgan fingerprint density at radius 3 is 3.13 bits per heavy atom. The van der Waals surface area contributed by atoms with Gasteiger partial charge in [-0.3, -0.25) is 11.3 Å². The van der Waals surface area contributed by atoms with Gasteiger partial charge in [-0.2, -0.15) is 0 Å². The van der Waals surface area contributed by atoms with E-state index in [1.165, 1.54) is 0 Å². The van der Waals surface area contributed by atoms with Crippen LogP contribution in [0.3, 0.4) is 0 Å². The van der Waals surface area contributed by atoms with Gasteiger partial charge in [0.15, 0.2) is 0 Å². The average molecular weight is 227 g/mol. The maximum atomic E-state index is 5.60. The molecular formula is C10H17N3OS. The molecule has 84 valence electrons. The van der Waals surface area contributed by atoms with Gasteiger partial charge in [-0.1, -0.05) is 0 Å². The van der Waals surface area contributed by atoms with Gasteiger partial charge in [-0.05, 0) is 19.8 Å². The van der Waals surface area contributed by atoms with Crippen molar-refractivity contribution < 1.29 is 4.74 Å². The Morgan fingerprint density at radius 2 is 2.60 bits per heavy atom. The van der Waals surface area contributed by atoms with Crippen LogP contribution < -0.4 is 11.3 Å². The van der Waals surface area contributed by atoms with Gasteiger partial charge < -0.3 is 4.74 Å². The molecule has 0 spiro atoms. The molecule has 1 aliphatic rings. The Kier molecular flexibility index (Phi) is 3.69. The normalized spacial score (nSPS) is 24.0. The van der Waals surface area contributed by atoms with Crippen LogP contribution in [0.2, 0.25) is 0 Å². The minimum Gasteiger partial charge on any atom is -0.381 e. The summed E-state index contributed by atoms with van der Waals surface area (Å²) in [5.41, 5.74) is 3.92. The fraction of sp³-hybridized carbons (Fsp3) is 0.700. The smallest absolute Gasteiger partial charge is 0.0898 e. The van der Waals surface area contributed by atoms with Crippen LogP contribution in [0.25, 0.3) is 0 Å². The lowest BCUT2D eigenvalue weighted by molar-refractivity contribution is 0.0384. The van der Waals surface area contributed by atoms with Gasteiger partial charge >= 0.3 is 0 Å². The molecule has 1 aromatic rings.